The van der Waals surface area contributed by atoms with Gasteiger partial charge in [0.1, 0.15) is 5.76 Å². The molecule has 0 aliphatic carbocycles. The summed E-state index contributed by atoms with van der Waals surface area (Å²) < 4.78 is 9.90. The van der Waals surface area contributed by atoms with E-state index in [1.165, 1.54) is 23.3 Å². The molecule has 1 atom stereocenters. The lowest BCUT2D eigenvalue weighted by Gasteiger charge is -2.30. The number of primary amides is 1. The molecule has 0 aromatic carbocycles. The van der Waals surface area contributed by atoms with Crippen molar-refractivity contribution in [3.05, 3.63) is 30.2 Å². The van der Waals surface area contributed by atoms with E-state index in [1.807, 2.05) is 0 Å². The zero-order valence-electron chi connectivity index (χ0n) is 12.1. The number of carbonyl (C=O) groups is 3. The topological polar surface area (TPSA) is 103 Å². The largest absolute Gasteiger partial charge is 0.465 e. The minimum Gasteiger partial charge on any atom is -0.465 e. The monoisotopic (exact) mass is 306 g/mol. The lowest BCUT2D eigenvalue weighted by atomic mass is 9.97. The summed E-state index contributed by atoms with van der Waals surface area (Å²) in [7, 11) is 0. The first-order valence-corrected chi connectivity index (χ1v) is 7.01. The number of hydrogen-bond donors (Lipinski definition) is 1. The second-order valence-electron chi connectivity index (χ2n) is 5.04. The summed E-state index contributed by atoms with van der Waals surface area (Å²) in [6.45, 7) is 0.475. The van der Waals surface area contributed by atoms with Crippen LogP contribution in [0.1, 0.15) is 18.6 Å². The van der Waals surface area contributed by atoms with Gasteiger partial charge in [-0.1, -0.05) is 0 Å². The van der Waals surface area contributed by atoms with Gasteiger partial charge in [-0.2, -0.15) is 0 Å². The number of hydrogen-bond acceptors (Lipinski definition) is 5. The minimum atomic E-state index is -0.631. The van der Waals surface area contributed by atoms with Gasteiger partial charge in [-0.15, -0.1) is 0 Å². The Morgan fingerprint density at radius 2 is 2.27 bits per heavy atom. The molecule has 7 heteroatoms. The Kier molecular flexibility index (Phi) is 5.35. The standard InChI is InChI=1S/C15H18N2O5/c16-15(20)11-3-1-7-17(9-11)13(18)10-22-14(19)6-5-12-4-2-8-21-12/h2,4-6,8,11H,1,3,7,9-10H2,(H2,16,20)/b6-5+/t11-/m0/s1. The van der Waals surface area contributed by atoms with Crippen molar-refractivity contribution in [3.8, 4) is 0 Å². The fourth-order valence-corrected chi connectivity index (χ4v) is 2.24. The molecule has 0 radical (unpaired) electrons. The van der Waals surface area contributed by atoms with Crippen LogP contribution >= 0.6 is 0 Å². The molecule has 2 heterocycles. The van der Waals surface area contributed by atoms with Crippen LogP contribution in [0.5, 0.6) is 0 Å². The summed E-state index contributed by atoms with van der Waals surface area (Å²) in [5.41, 5.74) is 5.26. The average Bonchev–Trinajstić information content (AvgIpc) is 3.04. The van der Waals surface area contributed by atoms with Gasteiger partial charge in [0.15, 0.2) is 6.61 Å². The highest BCUT2D eigenvalue weighted by atomic mass is 16.5. The van der Waals surface area contributed by atoms with Gasteiger partial charge in [-0.05, 0) is 31.1 Å². The van der Waals surface area contributed by atoms with E-state index in [-0.39, 0.29) is 25.0 Å². The maximum absolute atomic E-state index is 12.0. The molecule has 1 aliphatic rings. The number of likely N-dealkylation sites (tertiary alicyclic amines) is 1. The maximum Gasteiger partial charge on any atom is 0.331 e. The molecule has 1 aromatic heterocycles. The number of rotatable bonds is 5. The van der Waals surface area contributed by atoms with Crippen molar-refractivity contribution in [1.29, 1.82) is 0 Å². The van der Waals surface area contributed by atoms with Gasteiger partial charge in [-0.3, -0.25) is 9.59 Å². The van der Waals surface area contributed by atoms with Gasteiger partial charge in [0.05, 0.1) is 12.2 Å². The first-order valence-electron chi connectivity index (χ1n) is 7.01. The fraction of sp³-hybridized carbons (Fsp3) is 0.400. The van der Waals surface area contributed by atoms with Gasteiger partial charge < -0.3 is 19.8 Å². The first-order chi connectivity index (χ1) is 10.6. The number of carbonyl (C=O) groups excluding carboxylic acids is 3. The smallest absolute Gasteiger partial charge is 0.331 e. The van der Waals surface area contributed by atoms with E-state index in [2.05, 4.69) is 0 Å². The number of ether oxygens (including phenoxy) is 1. The van der Waals surface area contributed by atoms with Crippen LogP contribution in [0.2, 0.25) is 0 Å². The summed E-state index contributed by atoms with van der Waals surface area (Å²) in [6, 6.07) is 3.38. The first kappa shape index (κ1) is 15.8. The maximum atomic E-state index is 12.0. The van der Waals surface area contributed by atoms with E-state index in [4.69, 9.17) is 14.9 Å². The van der Waals surface area contributed by atoms with Gasteiger partial charge in [0.25, 0.3) is 5.91 Å². The normalized spacial score (nSPS) is 18.4. The van der Waals surface area contributed by atoms with E-state index in [0.29, 0.717) is 25.1 Å². The molecule has 0 unspecified atom stereocenters. The molecule has 1 aromatic rings. The third-order valence-corrected chi connectivity index (χ3v) is 3.44. The number of furan rings is 1. The SMILES string of the molecule is NC(=O)[C@H]1CCCN(C(=O)COC(=O)/C=C/c2ccco2)C1. The average molecular weight is 306 g/mol. The molecule has 2 rings (SSSR count). The van der Waals surface area contributed by atoms with Crippen LogP contribution in [0.15, 0.2) is 28.9 Å². The van der Waals surface area contributed by atoms with Crippen molar-refractivity contribution in [2.45, 2.75) is 12.8 Å². The Morgan fingerprint density at radius 3 is 2.95 bits per heavy atom. The third-order valence-electron chi connectivity index (χ3n) is 3.44. The summed E-state index contributed by atoms with van der Waals surface area (Å²) in [4.78, 5) is 36.1. The van der Waals surface area contributed by atoms with E-state index in [0.717, 1.165) is 0 Å². The molecule has 1 fully saturated rings. The zero-order chi connectivity index (χ0) is 15.9. The van der Waals surface area contributed by atoms with E-state index >= 15 is 0 Å². The molecule has 1 saturated heterocycles. The molecule has 118 valence electrons. The molecule has 0 bridgehead atoms. The Labute approximate surface area is 127 Å². The Hall–Kier alpha value is -2.57. The van der Waals surface area contributed by atoms with Gasteiger partial charge >= 0.3 is 5.97 Å². The van der Waals surface area contributed by atoms with Crippen molar-refractivity contribution in [2.75, 3.05) is 19.7 Å². The summed E-state index contributed by atoms with van der Waals surface area (Å²) in [6.07, 6.45) is 5.53. The van der Waals surface area contributed by atoms with Crippen LogP contribution in [-0.4, -0.2) is 42.4 Å². The molecule has 2 N–H and O–H groups in total. The van der Waals surface area contributed by atoms with Crippen LogP contribution < -0.4 is 5.73 Å². The van der Waals surface area contributed by atoms with Gasteiger partial charge in [0, 0.05) is 19.2 Å². The Bertz CT molecular complexity index is 564. The van der Waals surface area contributed by atoms with Crippen LogP contribution in [0.4, 0.5) is 0 Å². The quantitative estimate of drug-likeness (QED) is 0.632. The highest BCUT2D eigenvalue weighted by Crippen LogP contribution is 2.16. The highest BCUT2D eigenvalue weighted by Gasteiger charge is 2.27. The third kappa shape index (κ3) is 4.47. The summed E-state index contributed by atoms with van der Waals surface area (Å²) in [5, 5.41) is 0. The van der Waals surface area contributed by atoms with Crippen LogP contribution in [0.25, 0.3) is 6.08 Å². The van der Waals surface area contributed by atoms with Crippen molar-refractivity contribution in [3.63, 3.8) is 0 Å². The van der Waals surface area contributed by atoms with E-state index in [9.17, 15) is 14.4 Å². The van der Waals surface area contributed by atoms with E-state index in [1.54, 1.807) is 12.1 Å². The Morgan fingerprint density at radius 1 is 1.45 bits per heavy atom. The lowest BCUT2D eigenvalue weighted by Crippen LogP contribution is -2.45. The van der Waals surface area contributed by atoms with E-state index < -0.39 is 11.9 Å². The predicted octanol–water partition coefficient (Wildman–Crippen LogP) is 0.560. The van der Waals surface area contributed by atoms with Crippen LogP contribution in [0, 0.1) is 5.92 Å². The second-order valence-corrected chi connectivity index (χ2v) is 5.04. The molecular weight excluding hydrogens is 288 g/mol. The molecule has 22 heavy (non-hydrogen) atoms. The molecule has 7 nitrogen and oxygen atoms in total. The second kappa shape index (κ2) is 7.44. The van der Waals surface area contributed by atoms with Crippen molar-refractivity contribution < 1.29 is 23.5 Å². The minimum absolute atomic E-state index is 0.286. The fourth-order valence-electron chi connectivity index (χ4n) is 2.24. The highest BCUT2D eigenvalue weighted by molar-refractivity contribution is 5.89. The van der Waals surface area contributed by atoms with Gasteiger partial charge in [-0.25, -0.2) is 4.79 Å². The molecule has 0 spiro atoms. The van der Waals surface area contributed by atoms with Crippen molar-refractivity contribution >= 4 is 23.9 Å². The van der Waals surface area contributed by atoms with Gasteiger partial charge in [0.2, 0.25) is 5.91 Å². The summed E-state index contributed by atoms with van der Waals surface area (Å²) >= 11 is 0. The molecular formula is C15H18N2O5. The van der Waals surface area contributed by atoms with Crippen LogP contribution in [-0.2, 0) is 19.1 Å². The number of nitrogens with zero attached hydrogens (tertiary/aromatic N) is 1. The van der Waals surface area contributed by atoms with Crippen molar-refractivity contribution in [2.24, 2.45) is 11.7 Å². The summed E-state index contributed by atoms with van der Waals surface area (Å²) in [5.74, 6) is -1.18. The lowest BCUT2D eigenvalue weighted by molar-refractivity contribution is -0.149. The van der Waals surface area contributed by atoms with Crippen LogP contribution in [0.3, 0.4) is 0 Å². The number of piperidine rings is 1. The predicted molar refractivity (Wildman–Crippen MR) is 77.2 cm³/mol. The number of esters is 1. The number of nitrogens with two attached hydrogens (primary N) is 1. The molecule has 0 saturated carbocycles. The number of amides is 2. The zero-order valence-corrected chi connectivity index (χ0v) is 12.1. The molecule has 2 amide bonds. The molecule has 1 aliphatic heterocycles. The Balaban J connectivity index is 1.77. The van der Waals surface area contributed by atoms with Crippen molar-refractivity contribution in [1.82, 2.24) is 4.90 Å².